The number of benzene rings is 1. The van der Waals surface area contributed by atoms with Gasteiger partial charge in [0.1, 0.15) is 0 Å². The second-order valence-corrected chi connectivity index (χ2v) is 4.55. The van der Waals surface area contributed by atoms with E-state index in [4.69, 9.17) is 0 Å². The van der Waals surface area contributed by atoms with Gasteiger partial charge in [0.2, 0.25) is 0 Å². The van der Waals surface area contributed by atoms with Crippen LogP contribution in [-0.2, 0) is 6.42 Å². The van der Waals surface area contributed by atoms with Gasteiger partial charge in [-0.15, -0.1) is 0 Å². The van der Waals surface area contributed by atoms with Crippen LogP contribution >= 0.6 is 15.9 Å². The van der Waals surface area contributed by atoms with Gasteiger partial charge in [0.25, 0.3) is 0 Å². The summed E-state index contributed by atoms with van der Waals surface area (Å²) in [6, 6.07) is 6.69. The third-order valence-corrected chi connectivity index (χ3v) is 3.22. The molecular weight excluding hydrogens is 238 g/mol. The van der Waals surface area contributed by atoms with Crippen molar-refractivity contribution in [3.05, 3.63) is 33.8 Å². The van der Waals surface area contributed by atoms with Gasteiger partial charge in [-0.2, -0.15) is 0 Å². The second-order valence-electron chi connectivity index (χ2n) is 3.64. The van der Waals surface area contributed by atoms with Gasteiger partial charge >= 0.3 is 0 Å². The molecule has 1 aliphatic carbocycles. The molecular formula is C12H18BrN. The van der Waals surface area contributed by atoms with Crippen LogP contribution in [0.1, 0.15) is 36.8 Å². The first kappa shape index (κ1) is 11.7. The van der Waals surface area contributed by atoms with E-state index >= 15 is 0 Å². The van der Waals surface area contributed by atoms with Crippen LogP contribution in [0.4, 0.5) is 0 Å². The molecule has 1 aliphatic rings. The highest BCUT2D eigenvalue weighted by Crippen LogP contribution is 2.32. The number of halogens is 1. The molecule has 0 bridgehead atoms. The molecule has 2 N–H and O–H groups in total. The molecule has 1 aromatic rings. The van der Waals surface area contributed by atoms with Crippen LogP contribution in [0.15, 0.2) is 22.7 Å². The molecule has 0 saturated carbocycles. The summed E-state index contributed by atoms with van der Waals surface area (Å²) in [5.41, 5.74) is 7.60. The molecule has 78 valence electrons. The van der Waals surface area contributed by atoms with Crippen molar-refractivity contribution in [3.63, 3.8) is 0 Å². The van der Waals surface area contributed by atoms with E-state index in [0.717, 1.165) is 5.92 Å². The zero-order valence-corrected chi connectivity index (χ0v) is 10.5. The average molecular weight is 256 g/mol. The molecule has 2 rings (SSSR count). The number of aryl methyl sites for hydroxylation is 1. The Labute approximate surface area is 94.8 Å². The summed E-state index contributed by atoms with van der Waals surface area (Å²) in [6.45, 7) is 2.32. The van der Waals surface area contributed by atoms with Gasteiger partial charge in [-0.3, -0.25) is 0 Å². The van der Waals surface area contributed by atoms with E-state index in [2.05, 4.69) is 46.8 Å². The molecule has 0 radical (unpaired) electrons. The molecule has 0 spiro atoms. The van der Waals surface area contributed by atoms with Gasteiger partial charge in [0, 0.05) is 4.47 Å². The summed E-state index contributed by atoms with van der Waals surface area (Å²) >= 11 is 3.52. The minimum atomic E-state index is 0.756. The highest BCUT2D eigenvalue weighted by atomic mass is 79.9. The predicted molar refractivity (Wildman–Crippen MR) is 65.6 cm³/mol. The fourth-order valence-corrected chi connectivity index (χ4v) is 2.39. The van der Waals surface area contributed by atoms with E-state index in [1.165, 1.54) is 30.8 Å². The van der Waals surface area contributed by atoms with Crippen LogP contribution in [0.25, 0.3) is 0 Å². The number of rotatable bonds is 0. The van der Waals surface area contributed by atoms with Gasteiger partial charge in [-0.25, -0.2) is 0 Å². The van der Waals surface area contributed by atoms with Crippen LogP contribution in [0.3, 0.4) is 0 Å². The standard InChI is InChI=1S/C11H13Br.CH5N/c1-8-3-2-4-9-5-6-10(12)7-11(8)9;1-2/h5-8H,2-4H2,1H3;2H2,1H3. The third kappa shape index (κ3) is 2.58. The quantitative estimate of drug-likeness (QED) is 0.755. The smallest absolute Gasteiger partial charge is 0.0178 e. The minimum absolute atomic E-state index is 0.756. The average Bonchev–Trinajstić information content (AvgIpc) is 2.22. The van der Waals surface area contributed by atoms with Gasteiger partial charge in [0.05, 0.1) is 0 Å². The van der Waals surface area contributed by atoms with Crippen LogP contribution in [-0.4, -0.2) is 7.05 Å². The molecule has 0 heterocycles. The van der Waals surface area contributed by atoms with E-state index < -0.39 is 0 Å². The van der Waals surface area contributed by atoms with Gasteiger partial charge in [-0.1, -0.05) is 28.9 Å². The van der Waals surface area contributed by atoms with Gasteiger partial charge < -0.3 is 5.73 Å². The Morgan fingerprint density at radius 3 is 2.79 bits per heavy atom. The molecule has 0 fully saturated rings. The largest absolute Gasteiger partial charge is 0.333 e. The summed E-state index contributed by atoms with van der Waals surface area (Å²) in [5.74, 6) is 0.756. The Bertz CT molecular complexity index is 296. The predicted octanol–water partition coefficient (Wildman–Crippen LogP) is 3.46. The van der Waals surface area contributed by atoms with Crippen LogP contribution in [0.5, 0.6) is 0 Å². The number of nitrogens with two attached hydrogens (primary N) is 1. The van der Waals surface area contributed by atoms with Crippen molar-refractivity contribution in [1.29, 1.82) is 0 Å². The maximum absolute atomic E-state index is 4.50. The summed E-state index contributed by atoms with van der Waals surface area (Å²) < 4.78 is 1.22. The van der Waals surface area contributed by atoms with Crippen molar-refractivity contribution in [3.8, 4) is 0 Å². The Balaban J connectivity index is 0.000000461. The molecule has 1 atom stereocenters. The fraction of sp³-hybridized carbons (Fsp3) is 0.500. The first-order valence-corrected chi connectivity index (χ1v) is 5.93. The summed E-state index contributed by atoms with van der Waals surface area (Å²) in [4.78, 5) is 0. The van der Waals surface area contributed by atoms with E-state index in [9.17, 15) is 0 Å². The van der Waals surface area contributed by atoms with E-state index in [1.807, 2.05) is 0 Å². The lowest BCUT2D eigenvalue weighted by molar-refractivity contribution is 0.590. The van der Waals surface area contributed by atoms with Gasteiger partial charge in [0.15, 0.2) is 0 Å². The lowest BCUT2D eigenvalue weighted by Crippen LogP contribution is -2.06. The number of fused-ring (bicyclic) bond motifs is 1. The summed E-state index contributed by atoms with van der Waals surface area (Å²) in [6.07, 6.45) is 3.98. The van der Waals surface area contributed by atoms with E-state index in [-0.39, 0.29) is 0 Å². The first-order valence-electron chi connectivity index (χ1n) is 5.13. The Morgan fingerprint density at radius 1 is 1.36 bits per heavy atom. The van der Waals surface area contributed by atoms with Gasteiger partial charge in [-0.05, 0) is 55.5 Å². The lowest BCUT2D eigenvalue weighted by Gasteiger charge is -2.22. The van der Waals surface area contributed by atoms with Crippen molar-refractivity contribution in [2.75, 3.05) is 7.05 Å². The Morgan fingerprint density at radius 2 is 2.07 bits per heavy atom. The second kappa shape index (κ2) is 5.52. The van der Waals surface area contributed by atoms with Crippen LogP contribution < -0.4 is 5.73 Å². The molecule has 1 aromatic carbocycles. The molecule has 0 saturated heterocycles. The van der Waals surface area contributed by atoms with E-state index in [0.29, 0.717) is 0 Å². The van der Waals surface area contributed by atoms with Crippen molar-refractivity contribution in [2.24, 2.45) is 5.73 Å². The number of hydrogen-bond donors (Lipinski definition) is 1. The SMILES string of the molecule is CC1CCCc2ccc(Br)cc21.CN. The first-order chi connectivity index (χ1) is 6.77. The minimum Gasteiger partial charge on any atom is -0.333 e. The zero-order valence-electron chi connectivity index (χ0n) is 8.89. The molecule has 14 heavy (non-hydrogen) atoms. The molecule has 0 aromatic heterocycles. The third-order valence-electron chi connectivity index (χ3n) is 2.72. The van der Waals surface area contributed by atoms with Crippen molar-refractivity contribution in [2.45, 2.75) is 32.1 Å². The monoisotopic (exact) mass is 255 g/mol. The maximum atomic E-state index is 4.50. The molecule has 2 heteroatoms. The van der Waals surface area contributed by atoms with Crippen molar-refractivity contribution < 1.29 is 0 Å². The van der Waals surface area contributed by atoms with Crippen molar-refractivity contribution in [1.82, 2.24) is 0 Å². The molecule has 1 unspecified atom stereocenters. The topological polar surface area (TPSA) is 26.0 Å². The molecule has 0 aliphatic heterocycles. The molecule has 0 amide bonds. The highest BCUT2D eigenvalue weighted by molar-refractivity contribution is 9.10. The highest BCUT2D eigenvalue weighted by Gasteiger charge is 2.15. The zero-order chi connectivity index (χ0) is 10.6. The van der Waals surface area contributed by atoms with E-state index in [1.54, 1.807) is 11.1 Å². The summed E-state index contributed by atoms with van der Waals surface area (Å²) in [7, 11) is 1.50. The Hall–Kier alpha value is -0.340. The van der Waals surface area contributed by atoms with Crippen LogP contribution in [0.2, 0.25) is 0 Å². The normalized spacial score (nSPS) is 19.3. The van der Waals surface area contributed by atoms with Crippen molar-refractivity contribution >= 4 is 15.9 Å². The Kier molecular flexibility index (Phi) is 4.63. The van der Waals surface area contributed by atoms with Crippen LogP contribution in [0, 0.1) is 0 Å². The summed E-state index contributed by atoms with van der Waals surface area (Å²) in [5, 5.41) is 0. The number of hydrogen-bond acceptors (Lipinski definition) is 1. The maximum Gasteiger partial charge on any atom is 0.0178 e. The lowest BCUT2D eigenvalue weighted by atomic mass is 9.84. The fourth-order valence-electron chi connectivity index (χ4n) is 2.01. The molecule has 1 nitrogen and oxygen atoms in total.